The summed E-state index contributed by atoms with van der Waals surface area (Å²) in [5.74, 6) is 0. The lowest BCUT2D eigenvalue weighted by atomic mass is 9.89. The van der Waals surface area contributed by atoms with Crippen molar-refractivity contribution in [2.45, 2.75) is 33.7 Å². The number of thiophene rings is 1. The van der Waals surface area contributed by atoms with E-state index in [1.807, 2.05) is 7.05 Å². The minimum Gasteiger partial charge on any atom is -0.309 e. The lowest BCUT2D eigenvalue weighted by molar-refractivity contribution is 0.690. The zero-order chi connectivity index (χ0) is 14.2. The molecule has 0 aliphatic carbocycles. The van der Waals surface area contributed by atoms with E-state index in [2.05, 4.69) is 66.5 Å². The second-order valence-corrected chi connectivity index (χ2v) is 6.83. The van der Waals surface area contributed by atoms with Crippen LogP contribution in [0.5, 0.6) is 0 Å². The summed E-state index contributed by atoms with van der Waals surface area (Å²) in [4.78, 5) is 1.35. The molecule has 3 heteroatoms. The zero-order valence-electron chi connectivity index (χ0n) is 12.1. The molecule has 1 heterocycles. The van der Waals surface area contributed by atoms with Gasteiger partial charge in [-0.05, 0) is 89.9 Å². The number of hydrogen-bond donors (Lipinski definition) is 1. The number of aryl methyl sites for hydroxylation is 2. The highest BCUT2D eigenvalue weighted by Crippen LogP contribution is 2.37. The van der Waals surface area contributed by atoms with Gasteiger partial charge in [0.05, 0.1) is 6.04 Å². The molecule has 1 aromatic carbocycles. The van der Waals surface area contributed by atoms with Gasteiger partial charge in [0.15, 0.2) is 0 Å². The maximum absolute atomic E-state index is 3.66. The first-order valence-corrected chi connectivity index (χ1v) is 8.12. The molecule has 0 aliphatic heterocycles. The molecule has 0 fully saturated rings. The Hall–Kier alpha value is -0.640. The summed E-state index contributed by atoms with van der Waals surface area (Å²) in [6.07, 6.45) is 0. The van der Waals surface area contributed by atoms with Gasteiger partial charge in [-0.3, -0.25) is 0 Å². The highest BCUT2D eigenvalue weighted by Gasteiger charge is 2.21. The fraction of sp³-hybridized carbons (Fsp3) is 0.375. The van der Waals surface area contributed by atoms with Gasteiger partial charge in [-0.25, -0.2) is 0 Å². The summed E-state index contributed by atoms with van der Waals surface area (Å²) in [6.45, 7) is 8.84. The first-order chi connectivity index (χ1) is 8.97. The summed E-state index contributed by atoms with van der Waals surface area (Å²) in [5, 5.41) is 5.61. The molecular formula is C16H20BrNS. The van der Waals surface area contributed by atoms with Crippen molar-refractivity contribution < 1.29 is 0 Å². The molecule has 0 amide bonds. The smallest absolute Gasteiger partial charge is 0.0685 e. The molecule has 1 atom stereocenters. The lowest BCUT2D eigenvalue weighted by Gasteiger charge is -2.23. The molecule has 0 saturated heterocycles. The molecule has 0 saturated carbocycles. The van der Waals surface area contributed by atoms with Crippen LogP contribution in [0.15, 0.2) is 22.0 Å². The first kappa shape index (κ1) is 14.8. The van der Waals surface area contributed by atoms with Crippen LogP contribution in [0, 0.1) is 27.7 Å². The second kappa shape index (κ2) is 5.78. The van der Waals surface area contributed by atoms with E-state index in [1.165, 1.54) is 37.2 Å². The van der Waals surface area contributed by atoms with E-state index in [9.17, 15) is 0 Å². The number of nitrogens with one attached hydrogen (secondary N) is 1. The van der Waals surface area contributed by atoms with E-state index in [-0.39, 0.29) is 6.04 Å². The summed E-state index contributed by atoms with van der Waals surface area (Å²) >= 11 is 5.46. The Bertz CT molecular complexity index is 575. The third-order valence-electron chi connectivity index (χ3n) is 3.91. The van der Waals surface area contributed by atoms with E-state index in [0.29, 0.717) is 0 Å². The van der Waals surface area contributed by atoms with Crippen molar-refractivity contribution in [2.24, 2.45) is 0 Å². The van der Waals surface area contributed by atoms with Crippen LogP contribution in [0.2, 0.25) is 0 Å². The van der Waals surface area contributed by atoms with E-state index in [1.54, 1.807) is 11.3 Å². The van der Waals surface area contributed by atoms with Crippen LogP contribution in [-0.4, -0.2) is 7.05 Å². The van der Waals surface area contributed by atoms with Gasteiger partial charge in [0.2, 0.25) is 0 Å². The molecule has 102 valence electrons. The highest BCUT2D eigenvalue weighted by atomic mass is 79.9. The summed E-state index contributed by atoms with van der Waals surface area (Å²) < 4.78 is 1.19. The van der Waals surface area contributed by atoms with Crippen LogP contribution in [-0.2, 0) is 0 Å². The number of hydrogen-bond acceptors (Lipinski definition) is 2. The van der Waals surface area contributed by atoms with Gasteiger partial charge in [-0.15, -0.1) is 11.3 Å². The lowest BCUT2D eigenvalue weighted by Crippen LogP contribution is -2.20. The minimum absolute atomic E-state index is 0.257. The van der Waals surface area contributed by atoms with Gasteiger partial charge in [0.25, 0.3) is 0 Å². The molecule has 0 radical (unpaired) electrons. The fourth-order valence-electron chi connectivity index (χ4n) is 2.60. The molecule has 1 N–H and O–H groups in total. The Morgan fingerprint density at radius 3 is 2.11 bits per heavy atom. The average molecular weight is 338 g/mol. The molecule has 0 aliphatic rings. The molecule has 0 bridgehead atoms. The van der Waals surface area contributed by atoms with Gasteiger partial charge >= 0.3 is 0 Å². The second-order valence-electron chi connectivity index (χ2n) is 5.03. The standard InChI is InChI=1S/C16H20BrNS/c1-9-8-10(2)12(4)14(11(9)3)15(18-5)16-13(17)6-7-19-16/h6-8,15,18H,1-5H3. The minimum atomic E-state index is 0.257. The van der Waals surface area contributed by atoms with E-state index in [4.69, 9.17) is 0 Å². The molecule has 19 heavy (non-hydrogen) atoms. The van der Waals surface area contributed by atoms with Gasteiger partial charge < -0.3 is 5.32 Å². The number of rotatable bonds is 3. The van der Waals surface area contributed by atoms with Gasteiger partial charge in [0.1, 0.15) is 0 Å². The van der Waals surface area contributed by atoms with Crippen molar-refractivity contribution in [3.05, 3.63) is 54.7 Å². The van der Waals surface area contributed by atoms with Crippen molar-refractivity contribution in [2.75, 3.05) is 7.05 Å². The van der Waals surface area contributed by atoms with Crippen molar-refractivity contribution in [1.29, 1.82) is 0 Å². The van der Waals surface area contributed by atoms with Crippen molar-refractivity contribution in [3.8, 4) is 0 Å². The number of halogens is 1. The highest BCUT2D eigenvalue weighted by molar-refractivity contribution is 9.10. The predicted octanol–water partition coefficient (Wildman–Crippen LogP) is 5.05. The maximum Gasteiger partial charge on any atom is 0.0685 e. The zero-order valence-corrected chi connectivity index (χ0v) is 14.5. The molecule has 1 nitrogen and oxygen atoms in total. The monoisotopic (exact) mass is 337 g/mol. The third kappa shape index (κ3) is 2.64. The summed E-state index contributed by atoms with van der Waals surface area (Å²) in [5.41, 5.74) is 6.94. The van der Waals surface area contributed by atoms with Crippen LogP contribution < -0.4 is 5.32 Å². The van der Waals surface area contributed by atoms with Crippen molar-refractivity contribution in [3.63, 3.8) is 0 Å². The van der Waals surface area contributed by atoms with Crippen molar-refractivity contribution in [1.82, 2.24) is 5.32 Å². The van der Waals surface area contributed by atoms with Crippen LogP contribution >= 0.6 is 27.3 Å². The van der Waals surface area contributed by atoms with E-state index in [0.717, 1.165) is 0 Å². The van der Waals surface area contributed by atoms with Crippen molar-refractivity contribution >= 4 is 27.3 Å². The normalized spacial score (nSPS) is 12.7. The molecule has 1 aromatic heterocycles. The van der Waals surface area contributed by atoms with Crippen LogP contribution in [0.1, 0.15) is 38.7 Å². The quantitative estimate of drug-likeness (QED) is 0.825. The summed E-state index contributed by atoms with van der Waals surface area (Å²) in [6, 6.07) is 4.66. The van der Waals surface area contributed by atoms with Crippen LogP contribution in [0.4, 0.5) is 0 Å². The topological polar surface area (TPSA) is 12.0 Å². The Morgan fingerprint density at radius 2 is 1.68 bits per heavy atom. The predicted molar refractivity (Wildman–Crippen MR) is 88.3 cm³/mol. The van der Waals surface area contributed by atoms with Crippen LogP contribution in [0.25, 0.3) is 0 Å². The Kier molecular flexibility index (Phi) is 4.49. The molecule has 0 spiro atoms. The molecule has 1 unspecified atom stereocenters. The number of benzene rings is 1. The summed E-state index contributed by atoms with van der Waals surface area (Å²) in [7, 11) is 2.04. The average Bonchev–Trinajstić information content (AvgIpc) is 2.78. The Labute approximate surface area is 128 Å². The van der Waals surface area contributed by atoms with Gasteiger partial charge in [-0.2, -0.15) is 0 Å². The largest absolute Gasteiger partial charge is 0.309 e. The SMILES string of the molecule is CNC(c1sccc1Br)c1c(C)c(C)cc(C)c1C. The molecule has 2 rings (SSSR count). The van der Waals surface area contributed by atoms with E-state index >= 15 is 0 Å². The Balaban J connectivity index is 2.66. The van der Waals surface area contributed by atoms with Gasteiger partial charge in [-0.1, -0.05) is 6.07 Å². The maximum atomic E-state index is 3.66. The van der Waals surface area contributed by atoms with E-state index < -0.39 is 0 Å². The van der Waals surface area contributed by atoms with Crippen LogP contribution in [0.3, 0.4) is 0 Å². The molecular weight excluding hydrogens is 318 g/mol. The first-order valence-electron chi connectivity index (χ1n) is 6.44. The fourth-order valence-corrected chi connectivity index (χ4v) is 4.32. The third-order valence-corrected chi connectivity index (χ3v) is 5.84. The van der Waals surface area contributed by atoms with Gasteiger partial charge in [0, 0.05) is 9.35 Å². The molecule has 2 aromatic rings. The Morgan fingerprint density at radius 1 is 1.11 bits per heavy atom.